The van der Waals surface area contributed by atoms with Gasteiger partial charge in [-0.05, 0) is 86.5 Å². The van der Waals surface area contributed by atoms with Gasteiger partial charge in [0.25, 0.3) is 5.91 Å². The number of carbonyl (C=O) groups is 2. The number of rotatable bonds is 8. The van der Waals surface area contributed by atoms with Gasteiger partial charge in [0.15, 0.2) is 0 Å². The second kappa shape index (κ2) is 10.2. The number of aryl methyl sites for hydroxylation is 1. The molecular formula is C27H26ClNO5. The molecule has 0 bridgehead atoms. The average molecular weight is 480 g/mol. The third-order valence-electron chi connectivity index (χ3n) is 5.63. The van der Waals surface area contributed by atoms with Gasteiger partial charge >= 0.3 is 5.97 Å². The molecule has 7 heteroatoms. The van der Waals surface area contributed by atoms with E-state index < -0.39 is 12.1 Å². The first-order valence-corrected chi connectivity index (χ1v) is 11.6. The number of β-lactam (4-membered cyclic amide) rings is 1. The second-order valence-electron chi connectivity index (χ2n) is 7.87. The first-order chi connectivity index (χ1) is 16.4. The number of hydrogen-bond acceptors (Lipinski definition) is 5. The van der Waals surface area contributed by atoms with Crippen LogP contribution in [0.5, 0.6) is 11.5 Å². The van der Waals surface area contributed by atoms with E-state index in [2.05, 4.69) is 0 Å². The van der Waals surface area contributed by atoms with Crippen LogP contribution in [-0.4, -0.2) is 31.2 Å². The molecule has 6 nitrogen and oxygen atoms in total. The number of hydrogen-bond donors (Lipinski definition) is 0. The lowest BCUT2D eigenvalue weighted by Crippen LogP contribution is -2.61. The lowest BCUT2D eigenvalue weighted by Gasteiger charge is -2.46. The lowest BCUT2D eigenvalue weighted by atomic mass is 9.89. The Morgan fingerprint density at radius 1 is 0.971 bits per heavy atom. The monoisotopic (exact) mass is 479 g/mol. The number of benzene rings is 3. The molecule has 0 N–H and O–H groups in total. The highest BCUT2D eigenvalue weighted by Gasteiger charge is 2.51. The maximum Gasteiger partial charge on any atom is 0.338 e. The smallest absolute Gasteiger partial charge is 0.338 e. The van der Waals surface area contributed by atoms with Crippen LogP contribution in [0, 0.1) is 6.92 Å². The summed E-state index contributed by atoms with van der Waals surface area (Å²) in [6, 6.07) is 19.4. The molecule has 1 aliphatic rings. The van der Waals surface area contributed by atoms with Crippen LogP contribution in [0.15, 0.2) is 66.7 Å². The zero-order valence-electron chi connectivity index (χ0n) is 19.3. The zero-order valence-corrected chi connectivity index (χ0v) is 20.0. The van der Waals surface area contributed by atoms with Crippen LogP contribution in [0.4, 0.5) is 5.69 Å². The predicted octanol–water partition coefficient (Wildman–Crippen LogP) is 5.76. The van der Waals surface area contributed by atoms with Crippen molar-refractivity contribution in [3.05, 3.63) is 88.4 Å². The van der Waals surface area contributed by atoms with Crippen molar-refractivity contribution in [1.29, 1.82) is 0 Å². The van der Waals surface area contributed by atoms with Gasteiger partial charge in [-0.2, -0.15) is 0 Å². The van der Waals surface area contributed by atoms with Gasteiger partial charge in [-0.3, -0.25) is 9.69 Å². The Hall–Kier alpha value is -3.51. The van der Waals surface area contributed by atoms with E-state index in [1.54, 1.807) is 54.3 Å². The summed E-state index contributed by atoms with van der Waals surface area (Å²) in [4.78, 5) is 27.0. The van der Waals surface area contributed by atoms with Crippen molar-refractivity contribution in [2.24, 2.45) is 0 Å². The van der Waals surface area contributed by atoms with Crippen LogP contribution in [-0.2, 0) is 9.53 Å². The summed E-state index contributed by atoms with van der Waals surface area (Å²) in [6.45, 7) is 6.45. The number of ether oxygens (including phenoxy) is 3. The van der Waals surface area contributed by atoms with Gasteiger partial charge < -0.3 is 14.2 Å². The summed E-state index contributed by atoms with van der Waals surface area (Å²) >= 11 is 6.08. The summed E-state index contributed by atoms with van der Waals surface area (Å²) in [6.07, 6.45) is -0.706. The fourth-order valence-corrected chi connectivity index (χ4v) is 4.20. The molecule has 0 aromatic heterocycles. The van der Waals surface area contributed by atoms with Gasteiger partial charge in [-0.1, -0.05) is 23.7 Å². The van der Waals surface area contributed by atoms with Crippen LogP contribution >= 0.6 is 11.6 Å². The molecule has 4 rings (SSSR count). The van der Waals surface area contributed by atoms with Crippen molar-refractivity contribution < 1.29 is 23.8 Å². The largest absolute Gasteiger partial charge is 0.494 e. The van der Waals surface area contributed by atoms with Gasteiger partial charge in [-0.15, -0.1) is 0 Å². The van der Waals surface area contributed by atoms with Crippen LogP contribution in [0.25, 0.3) is 0 Å². The number of carbonyl (C=O) groups excluding carboxylic acids is 2. The molecule has 34 heavy (non-hydrogen) atoms. The highest BCUT2D eigenvalue weighted by Crippen LogP contribution is 2.42. The van der Waals surface area contributed by atoms with Crippen LogP contribution in [0.3, 0.4) is 0 Å². The van der Waals surface area contributed by atoms with Gasteiger partial charge in [0.05, 0.1) is 18.8 Å². The normalized spacial score (nSPS) is 17.2. The number of nitrogens with zero attached hydrogens (tertiary/aromatic N) is 1. The topological polar surface area (TPSA) is 65.1 Å². The van der Waals surface area contributed by atoms with E-state index in [0.717, 1.165) is 16.9 Å². The van der Waals surface area contributed by atoms with Crippen molar-refractivity contribution in [3.8, 4) is 11.5 Å². The summed E-state index contributed by atoms with van der Waals surface area (Å²) in [5.41, 5.74) is 2.86. The molecule has 1 fully saturated rings. The lowest BCUT2D eigenvalue weighted by molar-refractivity contribution is -0.135. The molecule has 3 aromatic rings. The Morgan fingerprint density at radius 2 is 1.68 bits per heavy atom. The van der Waals surface area contributed by atoms with E-state index in [1.165, 1.54) is 0 Å². The minimum atomic E-state index is -0.706. The van der Waals surface area contributed by atoms with E-state index in [9.17, 15) is 9.59 Å². The molecular weight excluding hydrogens is 454 g/mol. The van der Waals surface area contributed by atoms with Crippen molar-refractivity contribution >= 4 is 29.2 Å². The number of amides is 1. The van der Waals surface area contributed by atoms with Gasteiger partial charge in [0, 0.05) is 10.7 Å². The van der Waals surface area contributed by atoms with E-state index in [-0.39, 0.29) is 11.9 Å². The fraction of sp³-hybridized carbons (Fsp3) is 0.259. The Balaban J connectivity index is 1.65. The molecule has 1 heterocycles. The Labute approximate surface area is 204 Å². The van der Waals surface area contributed by atoms with E-state index in [4.69, 9.17) is 25.8 Å². The molecule has 0 radical (unpaired) electrons. The molecule has 0 saturated carbocycles. The van der Waals surface area contributed by atoms with Crippen molar-refractivity contribution in [3.63, 3.8) is 0 Å². The molecule has 1 aliphatic heterocycles. The second-order valence-corrected chi connectivity index (χ2v) is 8.31. The first-order valence-electron chi connectivity index (χ1n) is 11.2. The molecule has 0 spiro atoms. The molecule has 1 saturated heterocycles. The third kappa shape index (κ3) is 4.73. The fourth-order valence-electron chi connectivity index (χ4n) is 3.97. The number of esters is 1. The Bertz CT molecular complexity index is 1180. The maximum atomic E-state index is 13.3. The highest BCUT2D eigenvalue weighted by atomic mass is 35.5. The van der Waals surface area contributed by atoms with Gasteiger partial charge in [0.2, 0.25) is 6.10 Å². The quantitative estimate of drug-likeness (QED) is 0.303. The molecule has 2 atom stereocenters. The SMILES string of the molecule is CCOC(=O)c1ccc(N2C(=O)C(Oc3ccc(Cl)cc3C)C2c2ccc(OCC)cc2)cc1. The molecule has 2 unspecified atom stereocenters. The molecule has 176 valence electrons. The zero-order chi connectivity index (χ0) is 24.2. The van der Waals surface area contributed by atoms with Crippen LogP contribution in [0.1, 0.15) is 41.4 Å². The summed E-state index contributed by atoms with van der Waals surface area (Å²) in [7, 11) is 0. The van der Waals surface area contributed by atoms with Gasteiger partial charge in [-0.25, -0.2) is 4.79 Å². The molecule has 1 amide bonds. The van der Waals surface area contributed by atoms with E-state index in [0.29, 0.717) is 35.2 Å². The van der Waals surface area contributed by atoms with E-state index in [1.807, 2.05) is 38.1 Å². The summed E-state index contributed by atoms with van der Waals surface area (Å²) < 4.78 is 16.8. The summed E-state index contributed by atoms with van der Waals surface area (Å²) in [5, 5.41) is 0.608. The van der Waals surface area contributed by atoms with Crippen molar-refractivity contribution in [2.45, 2.75) is 32.9 Å². The van der Waals surface area contributed by atoms with E-state index >= 15 is 0 Å². The van der Waals surface area contributed by atoms with Crippen molar-refractivity contribution in [2.75, 3.05) is 18.1 Å². The third-order valence-corrected chi connectivity index (χ3v) is 5.86. The maximum absolute atomic E-state index is 13.3. The van der Waals surface area contributed by atoms with Crippen molar-refractivity contribution in [1.82, 2.24) is 0 Å². The van der Waals surface area contributed by atoms with Gasteiger partial charge in [0.1, 0.15) is 17.5 Å². The number of halogens is 1. The van der Waals surface area contributed by atoms with Crippen LogP contribution < -0.4 is 14.4 Å². The van der Waals surface area contributed by atoms with Crippen LogP contribution in [0.2, 0.25) is 5.02 Å². The first kappa shape index (κ1) is 23.6. The minimum Gasteiger partial charge on any atom is -0.494 e. The minimum absolute atomic E-state index is 0.169. The summed E-state index contributed by atoms with van der Waals surface area (Å²) in [5.74, 6) is 0.799. The predicted molar refractivity (Wildman–Crippen MR) is 131 cm³/mol. The highest BCUT2D eigenvalue weighted by molar-refractivity contribution is 6.30. The molecule has 0 aliphatic carbocycles. The molecule has 3 aromatic carbocycles. The number of anilines is 1. The Kier molecular flexibility index (Phi) is 7.08. The standard InChI is InChI=1S/C27H26ClNO5/c1-4-32-22-13-8-18(9-14-22)24-25(34-23-15-10-20(28)16-17(23)3)26(30)29(24)21-11-6-19(7-12-21)27(31)33-5-2/h6-16,24-25H,4-5H2,1-3H3. The average Bonchev–Trinajstić information content (AvgIpc) is 2.83. The Morgan fingerprint density at radius 3 is 2.29 bits per heavy atom.